The van der Waals surface area contributed by atoms with Crippen molar-refractivity contribution in [1.82, 2.24) is 0 Å². The summed E-state index contributed by atoms with van der Waals surface area (Å²) in [4.78, 5) is 0. The number of benzene rings is 1. The van der Waals surface area contributed by atoms with Gasteiger partial charge in [-0.3, -0.25) is 0 Å². The predicted octanol–water partition coefficient (Wildman–Crippen LogP) is 3.84. The molecule has 2 nitrogen and oxygen atoms in total. The molecule has 1 aliphatic carbocycles. The summed E-state index contributed by atoms with van der Waals surface area (Å²) in [6, 6.07) is 12.4. The summed E-state index contributed by atoms with van der Waals surface area (Å²) < 4.78 is 5.95. The van der Waals surface area contributed by atoms with Gasteiger partial charge < -0.3 is 10.2 Å². The molecule has 0 spiro atoms. The van der Waals surface area contributed by atoms with Crippen molar-refractivity contribution in [3.8, 4) is 11.3 Å². The van der Waals surface area contributed by atoms with E-state index in [1.165, 1.54) is 5.56 Å². The van der Waals surface area contributed by atoms with Crippen molar-refractivity contribution in [3.63, 3.8) is 0 Å². The number of furan rings is 1. The van der Waals surface area contributed by atoms with Gasteiger partial charge in [0.1, 0.15) is 11.5 Å². The summed E-state index contributed by atoms with van der Waals surface area (Å²) >= 11 is 0. The monoisotopic (exact) mass is 241 g/mol. The maximum Gasteiger partial charge on any atom is 0.134 e. The molecule has 1 aromatic heterocycles. The number of nitrogens with two attached hydrogens (primary N) is 1. The number of hydrogen-bond acceptors (Lipinski definition) is 2. The molecule has 0 bridgehead atoms. The second-order valence-corrected chi connectivity index (χ2v) is 6.06. The topological polar surface area (TPSA) is 39.2 Å². The Labute approximate surface area is 108 Å². The van der Waals surface area contributed by atoms with Crippen molar-refractivity contribution in [2.24, 2.45) is 11.1 Å². The second kappa shape index (κ2) is 3.48. The summed E-state index contributed by atoms with van der Waals surface area (Å²) in [5, 5.41) is 0. The zero-order valence-electron chi connectivity index (χ0n) is 11.2. The van der Waals surface area contributed by atoms with E-state index in [1.54, 1.807) is 0 Å². The van der Waals surface area contributed by atoms with E-state index in [1.807, 2.05) is 12.1 Å². The van der Waals surface area contributed by atoms with Gasteiger partial charge in [-0.1, -0.05) is 43.7 Å². The molecule has 1 fully saturated rings. The Kier molecular flexibility index (Phi) is 2.23. The van der Waals surface area contributed by atoms with Crippen LogP contribution in [0.15, 0.2) is 40.8 Å². The molecule has 2 heteroatoms. The minimum atomic E-state index is -0.282. The molecule has 1 atom stereocenters. The lowest BCUT2D eigenvalue weighted by molar-refractivity contribution is 0.406. The molecule has 0 radical (unpaired) electrons. The van der Waals surface area contributed by atoms with Gasteiger partial charge in [-0.15, -0.1) is 0 Å². The first-order valence-corrected chi connectivity index (χ1v) is 6.39. The fourth-order valence-corrected chi connectivity index (χ4v) is 2.52. The van der Waals surface area contributed by atoms with Crippen LogP contribution in [-0.4, -0.2) is 0 Å². The molecule has 0 aliphatic heterocycles. The Morgan fingerprint density at radius 3 is 2.22 bits per heavy atom. The van der Waals surface area contributed by atoms with Gasteiger partial charge in [-0.25, -0.2) is 0 Å². The summed E-state index contributed by atoms with van der Waals surface area (Å²) in [5.74, 6) is 1.81. The lowest BCUT2D eigenvalue weighted by atomic mass is 10.0. The van der Waals surface area contributed by atoms with E-state index in [4.69, 9.17) is 10.2 Å². The Morgan fingerprint density at radius 2 is 1.67 bits per heavy atom. The van der Waals surface area contributed by atoms with E-state index in [0.717, 1.165) is 23.5 Å². The van der Waals surface area contributed by atoms with Gasteiger partial charge in [-0.05, 0) is 30.9 Å². The van der Waals surface area contributed by atoms with Crippen molar-refractivity contribution in [3.05, 3.63) is 47.7 Å². The van der Waals surface area contributed by atoms with Crippen LogP contribution in [0.1, 0.15) is 31.6 Å². The molecule has 18 heavy (non-hydrogen) atoms. The highest BCUT2D eigenvalue weighted by Crippen LogP contribution is 2.60. The van der Waals surface area contributed by atoms with E-state index >= 15 is 0 Å². The van der Waals surface area contributed by atoms with Crippen molar-refractivity contribution in [2.75, 3.05) is 0 Å². The zero-order chi connectivity index (χ0) is 13.0. The first kappa shape index (κ1) is 11.5. The Balaban J connectivity index is 1.93. The quantitative estimate of drug-likeness (QED) is 0.867. The summed E-state index contributed by atoms with van der Waals surface area (Å²) in [5.41, 5.74) is 8.59. The molecule has 2 aromatic rings. The fraction of sp³-hybridized carbons (Fsp3) is 0.375. The summed E-state index contributed by atoms with van der Waals surface area (Å²) in [7, 11) is 0. The van der Waals surface area contributed by atoms with Crippen LogP contribution in [0.25, 0.3) is 11.3 Å². The SMILES string of the molecule is Cc1ccc(-c2ccc(C3(N)CC3(C)C)o2)cc1. The Bertz CT molecular complexity index is 579. The third-order valence-corrected chi connectivity index (χ3v) is 4.19. The van der Waals surface area contributed by atoms with Crippen LogP contribution >= 0.6 is 0 Å². The minimum absolute atomic E-state index is 0.148. The molecule has 1 unspecified atom stereocenters. The Morgan fingerprint density at radius 1 is 1.06 bits per heavy atom. The van der Waals surface area contributed by atoms with Crippen LogP contribution in [0, 0.1) is 12.3 Å². The lowest BCUT2D eigenvalue weighted by Crippen LogP contribution is -2.24. The predicted molar refractivity (Wildman–Crippen MR) is 73.1 cm³/mol. The smallest absolute Gasteiger partial charge is 0.134 e. The highest BCUT2D eigenvalue weighted by Gasteiger charge is 2.61. The molecular formula is C16H19NO. The van der Waals surface area contributed by atoms with Crippen LogP contribution in [0.2, 0.25) is 0 Å². The lowest BCUT2D eigenvalue weighted by Gasteiger charge is -2.11. The molecule has 1 aromatic carbocycles. The van der Waals surface area contributed by atoms with Crippen molar-refractivity contribution < 1.29 is 4.42 Å². The van der Waals surface area contributed by atoms with Crippen LogP contribution in [0.5, 0.6) is 0 Å². The van der Waals surface area contributed by atoms with Crippen molar-refractivity contribution >= 4 is 0 Å². The fourth-order valence-electron chi connectivity index (χ4n) is 2.52. The largest absolute Gasteiger partial charge is 0.459 e. The number of hydrogen-bond donors (Lipinski definition) is 1. The van der Waals surface area contributed by atoms with E-state index in [-0.39, 0.29) is 11.0 Å². The number of aryl methyl sites for hydroxylation is 1. The van der Waals surface area contributed by atoms with E-state index in [0.29, 0.717) is 0 Å². The molecule has 3 rings (SSSR count). The van der Waals surface area contributed by atoms with E-state index < -0.39 is 0 Å². The molecule has 94 valence electrons. The van der Waals surface area contributed by atoms with Gasteiger partial charge in [0.2, 0.25) is 0 Å². The number of rotatable bonds is 2. The van der Waals surface area contributed by atoms with Crippen LogP contribution < -0.4 is 5.73 Å². The average Bonchev–Trinajstić information content (AvgIpc) is 2.69. The van der Waals surface area contributed by atoms with Crippen molar-refractivity contribution in [1.29, 1.82) is 0 Å². The normalized spacial score (nSPS) is 25.1. The summed E-state index contributed by atoms with van der Waals surface area (Å²) in [6.07, 6.45) is 0.987. The van der Waals surface area contributed by atoms with E-state index in [9.17, 15) is 0 Å². The van der Waals surface area contributed by atoms with Crippen LogP contribution in [-0.2, 0) is 5.54 Å². The highest BCUT2D eigenvalue weighted by atomic mass is 16.3. The molecule has 1 saturated carbocycles. The standard InChI is InChI=1S/C16H19NO/c1-11-4-6-12(7-5-11)13-8-9-14(18-13)16(17)10-15(16,2)3/h4-9H,10,17H2,1-3H3. The second-order valence-electron chi connectivity index (χ2n) is 6.06. The Hall–Kier alpha value is -1.54. The van der Waals surface area contributed by atoms with Crippen LogP contribution in [0.3, 0.4) is 0 Å². The van der Waals surface area contributed by atoms with E-state index in [2.05, 4.69) is 45.0 Å². The summed E-state index contributed by atoms with van der Waals surface area (Å²) in [6.45, 7) is 6.45. The minimum Gasteiger partial charge on any atom is -0.459 e. The van der Waals surface area contributed by atoms with Gasteiger partial charge in [0.25, 0.3) is 0 Å². The van der Waals surface area contributed by atoms with Crippen molar-refractivity contribution in [2.45, 2.75) is 32.7 Å². The highest BCUT2D eigenvalue weighted by molar-refractivity contribution is 5.58. The third-order valence-electron chi connectivity index (χ3n) is 4.19. The molecule has 1 aliphatic rings. The first-order chi connectivity index (χ1) is 8.42. The average molecular weight is 241 g/mol. The van der Waals surface area contributed by atoms with Gasteiger partial charge in [0.05, 0.1) is 5.54 Å². The van der Waals surface area contributed by atoms with Crippen LogP contribution in [0.4, 0.5) is 0 Å². The first-order valence-electron chi connectivity index (χ1n) is 6.39. The maximum absolute atomic E-state index is 6.37. The molecule has 1 heterocycles. The molecule has 0 saturated heterocycles. The maximum atomic E-state index is 6.37. The van der Waals surface area contributed by atoms with Gasteiger partial charge >= 0.3 is 0 Å². The molecular weight excluding hydrogens is 222 g/mol. The molecule has 0 amide bonds. The zero-order valence-corrected chi connectivity index (χ0v) is 11.2. The third kappa shape index (κ3) is 1.60. The van der Waals surface area contributed by atoms with Gasteiger partial charge in [0, 0.05) is 5.56 Å². The van der Waals surface area contributed by atoms with Gasteiger partial charge in [-0.2, -0.15) is 0 Å². The van der Waals surface area contributed by atoms with Gasteiger partial charge in [0.15, 0.2) is 0 Å². The molecule has 2 N–H and O–H groups in total.